The van der Waals surface area contributed by atoms with Crippen LogP contribution in [-0.4, -0.2) is 22.5 Å². The molecule has 0 heterocycles. The van der Waals surface area contributed by atoms with Gasteiger partial charge in [0.25, 0.3) is 0 Å². The van der Waals surface area contributed by atoms with E-state index in [0.29, 0.717) is 12.2 Å². The second kappa shape index (κ2) is 12.3. The molecule has 0 spiro atoms. The first-order valence-electron chi connectivity index (χ1n) is 7.59. The lowest BCUT2D eigenvalue weighted by Crippen LogP contribution is -2.20. The number of phosphoric ester groups is 1. The van der Waals surface area contributed by atoms with Gasteiger partial charge < -0.3 is 14.7 Å². The van der Waals surface area contributed by atoms with Gasteiger partial charge in [-0.2, -0.15) is 4.89 Å². The average molecular weight is 366 g/mol. The van der Waals surface area contributed by atoms with Crippen LogP contribution in [0.5, 0.6) is 5.75 Å². The van der Waals surface area contributed by atoms with Crippen LogP contribution in [-0.2, 0) is 29.1 Å². The summed E-state index contributed by atoms with van der Waals surface area (Å²) in [6, 6.07) is 8.55. The molecule has 0 aromatic heterocycles. The van der Waals surface area contributed by atoms with Gasteiger partial charge in [0.2, 0.25) is 0 Å². The van der Waals surface area contributed by atoms with Gasteiger partial charge in [-0.05, 0) is 23.6 Å². The zero-order valence-electron chi connectivity index (χ0n) is 13.4. The maximum Gasteiger partial charge on any atom is 0.469 e. The topological polar surface area (TPSA) is 113 Å². The Kier molecular flexibility index (Phi) is 10.8. The second-order valence-electron chi connectivity index (χ2n) is 4.95. The Morgan fingerprint density at radius 2 is 1.79 bits per heavy atom. The largest absolute Gasteiger partial charge is 0.469 e. The number of unbranched alkanes of at least 4 members (excludes halogenated alkanes) is 3. The van der Waals surface area contributed by atoms with Crippen molar-refractivity contribution in [1.82, 2.24) is 0 Å². The molecule has 0 bridgehead atoms. The number of hydrogen-bond acceptors (Lipinski definition) is 7. The minimum Gasteiger partial charge on any atom is -0.306 e. The van der Waals surface area contributed by atoms with E-state index in [1.54, 1.807) is 30.3 Å². The van der Waals surface area contributed by atoms with E-state index >= 15 is 0 Å². The fraction of sp³-hybridized carbons (Fsp3) is 0.571. The third kappa shape index (κ3) is 11.5. The number of phosphoric acid groups is 1. The molecule has 0 amide bonds. The van der Waals surface area contributed by atoms with Crippen LogP contribution in [0.1, 0.15) is 39.0 Å². The monoisotopic (exact) mass is 366 g/mol. The molecule has 138 valence electrons. The summed E-state index contributed by atoms with van der Waals surface area (Å²) in [5.41, 5.74) is 0. The molecule has 0 aliphatic heterocycles. The zero-order chi connectivity index (χ0) is 17.7. The van der Waals surface area contributed by atoms with Crippen molar-refractivity contribution in [3.63, 3.8) is 0 Å². The highest BCUT2D eigenvalue weighted by atomic mass is 31.2. The van der Waals surface area contributed by atoms with Gasteiger partial charge >= 0.3 is 7.82 Å². The van der Waals surface area contributed by atoms with E-state index in [1.165, 1.54) is 0 Å². The van der Waals surface area contributed by atoms with Crippen molar-refractivity contribution in [1.29, 1.82) is 0 Å². The fourth-order valence-corrected chi connectivity index (χ4v) is 2.11. The molecule has 1 aromatic rings. The predicted molar refractivity (Wildman–Crippen MR) is 82.0 cm³/mol. The fourth-order valence-electron chi connectivity index (χ4n) is 1.75. The maximum atomic E-state index is 10.7. The Balaban J connectivity index is 2.22. The van der Waals surface area contributed by atoms with E-state index < -0.39 is 13.9 Å². The minimum absolute atomic E-state index is 0.348. The van der Waals surface area contributed by atoms with Crippen LogP contribution in [0.25, 0.3) is 0 Å². The summed E-state index contributed by atoms with van der Waals surface area (Å²) in [6.07, 6.45) is 3.61. The van der Waals surface area contributed by atoms with Crippen LogP contribution in [0, 0.1) is 0 Å². The van der Waals surface area contributed by atoms with Gasteiger partial charge in [-0.15, -0.1) is 0 Å². The zero-order valence-corrected chi connectivity index (χ0v) is 14.3. The molecule has 2 N–H and O–H groups in total. The highest BCUT2D eigenvalue weighted by Gasteiger charge is 2.20. The van der Waals surface area contributed by atoms with E-state index in [9.17, 15) is 4.57 Å². The van der Waals surface area contributed by atoms with Crippen LogP contribution in [0.3, 0.4) is 0 Å². The Morgan fingerprint density at radius 3 is 2.46 bits per heavy atom. The van der Waals surface area contributed by atoms with Gasteiger partial charge in [0, 0.05) is 10.1 Å². The van der Waals surface area contributed by atoms with Crippen LogP contribution < -0.4 is 4.89 Å². The van der Waals surface area contributed by atoms with Crippen molar-refractivity contribution in [2.45, 2.75) is 45.1 Å². The summed E-state index contributed by atoms with van der Waals surface area (Å²) in [5, 5.41) is 12.9. The Bertz CT molecular complexity index is 465. The van der Waals surface area contributed by atoms with Crippen LogP contribution in [0.2, 0.25) is 0 Å². The smallest absolute Gasteiger partial charge is 0.306 e. The maximum absolute atomic E-state index is 10.7. The molecule has 9 nitrogen and oxygen atoms in total. The quantitative estimate of drug-likeness (QED) is 0.222. The van der Waals surface area contributed by atoms with Gasteiger partial charge in [-0.1, -0.05) is 50.8 Å². The molecule has 0 saturated heterocycles. The summed E-state index contributed by atoms with van der Waals surface area (Å²) in [5.74, 6) is 0.391. The van der Waals surface area contributed by atoms with Crippen molar-refractivity contribution < 1.29 is 43.8 Å². The molecular weight excluding hydrogens is 343 g/mol. The summed E-state index contributed by atoms with van der Waals surface area (Å²) >= 11 is 0. The first-order chi connectivity index (χ1) is 11.5. The number of benzene rings is 1. The minimum atomic E-state index is -4.58. The van der Waals surface area contributed by atoms with Crippen molar-refractivity contribution >= 4 is 7.82 Å². The van der Waals surface area contributed by atoms with E-state index in [0.717, 1.165) is 25.7 Å². The van der Waals surface area contributed by atoms with Gasteiger partial charge in [-0.3, -0.25) is 4.52 Å². The highest BCUT2D eigenvalue weighted by Crippen LogP contribution is 2.36. The number of para-hydroxylation sites is 1. The first-order valence-corrected chi connectivity index (χ1v) is 9.12. The van der Waals surface area contributed by atoms with E-state index in [2.05, 4.69) is 26.6 Å². The lowest BCUT2D eigenvalue weighted by molar-refractivity contribution is -0.696. The Morgan fingerprint density at radius 1 is 1.04 bits per heavy atom. The van der Waals surface area contributed by atoms with E-state index in [1.807, 2.05) is 0 Å². The molecule has 0 radical (unpaired) electrons. The van der Waals surface area contributed by atoms with Crippen LogP contribution >= 0.6 is 7.82 Å². The molecule has 0 aliphatic rings. The van der Waals surface area contributed by atoms with Gasteiger partial charge in [0.05, 0.1) is 6.61 Å². The Labute approximate surface area is 140 Å². The molecule has 24 heavy (non-hydrogen) atoms. The normalized spacial score (nSPS) is 13.0. The van der Waals surface area contributed by atoms with E-state index in [4.69, 9.17) is 19.6 Å². The van der Waals surface area contributed by atoms with E-state index in [-0.39, 0.29) is 6.61 Å². The van der Waals surface area contributed by atoms with Crippen molar-refractivity contribution in [2.24, 2.45) is 0 Å². The lowest BCUT2D eigenvalue weighted by atomic mass is 10.1. The summed E-state index contributed by atoms with van der Waals surface area (Å²) in [4.78, 5) is 27.0. The number of rotatable bonds is 14. The molecule has 1 rings (SSSR count). The van der Waals surface area contributed by atoms with Crippen molar-refractivity contribution in [3.8, 4) is 5.75 Å². The Hall–Kier alpha value is -1.03. The van der Waals surface area contributed by atoms with Gasteiger partial charge in [0.15, 0.2) is 5.75 Å². The summed E-state index contributed by atoms with van der Waals surface area (Å²) in [6.45, 7) is 1.73. The third-order valence-corrected chi connectivity index (χ3v) is 3.40. The molecule has 0 fully saturated rings. The second-order valence-corrected chi connectivity index (χ2v) is 6.19. The molecular formula is C14H23O9P. The third-order valence-electron chi connectivity index (χ3n) is 2.91. The molecule has 0 aliphatic carbocycles. The molecule has 10 heteroatoms. The van der Waals surface area contributed by atoms with Crippen LogP contribution in [0.4, 0.5) is 0 Å². The highest BCUT2D eigenvalue weighted by molar-refractivity contribution is 7.46. The van der Waals surface area contributed by atoms with Crippen LogP contribution in [0.15, 0.2) is 30.3 Å². The average Bonchev–Trinajstić information content (AvgIpc) is 2.55. The first kappa shape index (κ1) is 21.0. The summed E-state index contributed by atoms with van der Waals surface area (Å²) in [7, 11) is -4.58. The van der Waals surface area contributed by atoms with Gasteiger partial charge in [-0.25, -0.2) is 4.57 Å². The lowest BCUT2D eigenvalue weighted by Gasteiger charge is -2.15. The standard InChI is InChI=1S/C14H23O9P/c1-2-3-4-6-11-14(12-18-24(15,16)17)20-22-23-21-19-13-9-7-5-8-10-13/h5,7-10,14H,2-4,6,11-12H2,1H3,(H2,15,16,17). The molecule has 1 aromatic carbocycles. The van der Waals surface area contributed by atoms with Crippen molar-refractivity contribution in [3.05, 3.63) is 30.3 Å². The summed E-state index contributed by atoms with van der Waals surface area (Å²) < 4.78 is 15.2. The van der Waals surface area contributed by atoms with Crippen molar-refractivity contribution in [2.75, 3.05) is 6.61 Å². The number of hydrogen-bond donors (Lipinski definition) is 2. The van der Waals surface area contributed by atoms with Gasteiger partial charge in [0.1, 0.15) is 6.10 Å². The SMILES string of the molecule is CCCCCCC(COP(=O)(O)O)OOOOOc1ccccc1. The molecule has 0 saturated carbocycles. The molecule has 1 unspecified atom stereocenters. The predicted octanol–water partition coefficient (Wildman–Crippen LogP) is 3.24. The molecule has 1 atom stereocenters.